The fourth-order valence-electron chi connectivity index (χ4n) is 0.415. The summed E-state index contributed by atoms with van der Waals surface area (Å²) >= 11 is 0. The van der Waals surface area contributed by atoms with Crippen molar-refractivity contribution in [3.05, 3.63) is 0 Å². The summed E-state index contributed by atoms with van der Waals surface area (Å²) in [6.45, 7) is 3.40. The number of rotatable bonds is 3. The maximum absolute atomic E-state index is 10.4. The van der Waals surface area contributed by atoms with Crippen LogP contribution in [0, 0.1) is 0 Å². The zero-order valence-corrected chi connectivity index (χ0v) is 7.01. The average molecular weight is 189 g/mol. The first kappa shape index (κ1) is 12.3. The molecule has 0 saturated heterocycles. The molecule has 0 aromatic heterocycles. The van der Waals surface area contributed by atoms with E-state index in [1.165, 1.54) is 6.92 Å². The molecule has 0 aliphatic carbocycles. The molecule has 0 fully saturated rings. The molecule has 0 heterocycles. The van der Waals surface area contributed by atoms with Gasteiger partial charge in [-0.25, -0.2) is 0 Å². The SMILES string of the molecule is CCOC(=O)CC(C)=O.[Co]. The van der Waals surface area contributed by atoms with Gasteiger partial charge in [-0.3, -0.25) is 9.59 Å². The van der Waals surface area contributed by atoms with Gasteiger partial charge in [-0.2, -0.15) is 0 Å². The topological polar surface area (TPSA) is 43.4 Å². The van der Waals surface area contributed by atoms with Crippen molar-refractivity contribution >= 4 is 11.8 Å². The summed E-state index contributed by atoms with van der Waals surface area (Å²) in [5.41, 5.74) is 0. The number of hydrogen-bond acceptors (Lipinski definition) is 3. The molecule has 1 radical (unpaired) electrons. The second kappa shape index (κ2) is 6.76. The van der Waals surface area contributed by atoms with Crippen molar-refractivity contribution in [1.82, 2.24) is 0 Å². The minimum Gasteiger partial charge on any atom is -0.466 e. The van der Waals surface area contributed by atoms with Crippen LogP contribution in [0.1, 0.15) is 20.3 Å². The molecular formula is C6H10CoO3. The summed E-state index contributed by atoms with van der Waals surface area (Å²) in [7, 11) is 0. The minimum absolute atomic E-state index is 0. The second-order valence-corrected chi connectivity index (χ2v) is 1.68. The molecule has 0 unspecified atom stereocenters. The summed E-state index contributed by atoms with van der Waals surface area (Å²) in [6.07, 6.45) is -0.103. The third kappa shape index (κ3) is 7.65. The van der Waals surface area contributed by atoms with E-state index in [4.69, 9.17) is 0 Å². The Morgan fingerprint density at radius 1 is 1.40 bits per heavy atom. The van der Waals surface area contributed by atoms with Gasteiger partial charge >= 0.3 is 5.97 Å². The van der Waals surface area contributed by atoms with Crippen molar-refractivity contribution < 1.29 is 31.1 Å². The molecule has 10 heavy (non-hydrogen) atoms. The van der Waals surface area contributed by atoms with Crippen LogP contribution >= 0.6 is 0 Å². The number of hydrogen-bond donors (Lipinski definition) is 0. The zero-order valence-electron chi connectivity index (χ0n) is 5.97. The van der Waals surface area contributed by atoms with E-state index < -0.39 is 5.97 Å². The molecule has 0 amide bonds. The summed E-state index contributed by atoms with van der Waals surface area (Å²) < 4.78 is 4.49. The number of esters is 1. The van der Waals surface area contributed by atoms with Gasteiger partial charge in [0.25, 0.3) is 0 Å². The molecule has 0 aliphatic heterocycles. The molecular weight excluding hydrogens is 179 g/mol. The first-order valence-electron chi connectivity index (χ1n) is 2.82. The molecule has 0 atom stereocenters. The number of carbonyl (C=O) groups excluding carboxylic acids is 2. The van der Waals surface area contributed by atoms with Crippen LogP contribution in [-0.4, -0.2) is 18.4 Å². The van der Waals surface area contributed by atoms with E-state index in [-0.39, 0.29) is 29.0 Å². The van der Waals surface area contributed by atoms with Crippen LogP contribution in [0.2, 0.25) is 0 Å². The van der Waals surface area contributed by atoms with Gasteiger partial charge in [0.1, 0.15) is 12.2 Å². The molecule has 61 valence electrons. The average Bonchev–Trinajstić information content (AvgIpc) is 1.63. The Hall–Kier alpha value is -0.354. The Morgan fingerprint density at radius 2 is 1.90 bits per heavy atom. The summed E-state index contributed by atoms with van der Waals surface area (Å²) in [5.74, 6) is -0.599. The predicted octanol–water partition coefficient (Wildman–Crippen LogP) is 0.526. The van der Waals surface area contributed by atoms with Gasteiger partial charge in [0.2, 0.25) is 0 Å². The summed E-state index contributed by atoms with van der Waals surface area (Å²) in [4.78, 5) is 20.6. The molecule has 0 rings (SSSR count). The Bertz CT molecular complexity index is 122. The van der Waals surface area contributed by atoms with Crippen LogP contribution in [0.3, 0.4) is 0 Å². The molecule has 3 nitrogen and oxygen atoms in total. The van der Waals surface area contributed by atoms with E-state index in [0.717, 1.165) is 0 Å². The van der Waals surface area contributed by atoms with Crippen molar-refractivity contribution in [2.45, 2.75) is 20.3 Å². The van der Waals surface area contributed by atoms with Crippen LogP contribution in [-0.2, 0) is 31.1 Å². The number of carbonyl (C=O) groups is 2. The van der Waals surface area contributed by atoms with Crippen molar-refractivity contribution in [1.29, 1.82) is 0 Å². The van der Waals surface area contributed by atoms with Gasteiger partial charge in [-0.15, -0.1) is 0 Å². The van der Waals surface area contributed by atoms with Gasteiger partial charge in [0.05, 0.1) is 6.61 Å². The number of ketones is 1. The Balaban J connectivity index is 0. The Labute approximate surface area is 70.3 Å². The predicted molar refractivity (Wildman–Crippen MR) is 31.9 cm³/mol. The standard InChI is InChI=1S/C6H10O3.Co/c1-3-9-6(8)4-5(2)7;/h3-4H2,1-2H3;. The van der Waals surface area contributed by atoms with Crippen LogP contribution in [0.25, 0.3) is 0 Å². The van der Waals surface area contributed by atoms with E-state index in [0.29, 0.717) is 6.61 Å². The van der Waals surface area contributed by atoms with E-state index in [2.05, 4.69) is 4.74 Å². The molecule has 0 aromatic rings. The van der Waals surface area contributed by atoms with Crippen molar-refractivity contribution in [2.75, 3.05) is 6.61 Å². The molecule has 0 bridgehead atoms. The maximum Gasteiger partial charge on any atom is 0.313 e. The second-order valence-electron chi connectivity index (χ2n) is 1.68. The monoisotopic (exact) mass is 189 g/mol. The molecule has 0 aromatic carbocycles. The molecule has 0 aliphatic rings. The quantitative estimate of drug-likeness (QED) is 0.480. The zero-order chi connectivity index (χ0) is 7.28. The molecule has 4 heteroatoms. The normalized spacial score (nSPS) is 7.80. The smallest absolute Gasteiger partial charge is 0.313 e. The van der Waals surface area contributed by atoms with Gasteiger partial charge < -0.3 is 4.74 Å². The van der Waals surface area contributed by atoms with Gasteiger partial charge in [-0.1, -0.05) is 0 Å². The first-order valence-corrected chi connectivity index (χ1v) is 2.82. The van der Waals surface area contributed by atoms with Crippen molar-refractivity contribution in [3.8, 4) is 0 Å². The summed E-state index contributed by atoms with van der Waals surface area (Å²) in [6, 6.07) is 0. The third-order valence-electron chi connectivity index (χ3n) is 0.699. The third-order valence-corrected chi connectivity index (χ3v) is 0.699. The van der Waals surface area contributed by atoms with Crippen LogP contribution in [0.15, 0.2) is 0 Å². The molecule has 0 spiro atoms. The van der Waals surface area contributed by atoms with Crippen LogP contribution in [0.5, 0.6) is 0 Å². The molecule has 0 saturated carbocycles. The first-order chi connectivity index (χ1) is 4.16. The summed E-state index contributed by atoms with van der Waals surface area (Å²) in [5, 5.41) is 0. The fourth-order valence-corrected chi connectivity index (χ4v) is 0.415. The van der Waals surface area contributed by atoms with Crippen LogP contribution in [0.4, 0.5) is 0 Å². The Morgan fingerprint density at radius 3 is 2.20 bits per heavy atom. The van der Waals surface area contributed by atoms with E-state index in [1.54, 1.807) is 6.92 Å². The molecule has 0 N–H and O–H groups in total. The Kier molecular flexibility index (Phi) is 8.34. The minimum atomic E-state index is -0.440. The fraction of sp³-hybridized carbons (Fsp3) is 0.667. The number of ether oxygens (including phenoxy) is 1. The van der Waals surface area contributed by atoms with Crippen molar-refractivity contribution in [2.24, 2.45) is 0 Å². The maximum atomic E-state index is 10.4. The van der Waals surface area contributed by atoms with E-state index >= 15 is 0 Å². The van der Waals surface area contributed by atoms with Gasteiger partial charge in [-0.05, 0) is 13.8 Å². The van der Waals surface area contributed by atoms with Gasteiger partial charge in [0, 0.05) is 16.8 Å². The van der Waals surface area contributed by atoms with E-state index in [1.807, 2.05) is 0 Å². The van der Waals surface area contributed by atoms with Gasteiger partial charge in [0.15, 0.2) is 0 Å². The van der Waals surface area contributed by atoms with E-state index in [9.17, 15) is 9.59 Å². The number of Topliss-reactive ketones (excluding diaryl/α,β-unsaturated/α-hetero) is 1. The largest absolute Gasteiger partial charge is 0.466 e. The van der Waals surface area contributed by atoms with Crippen molar-refractivity contribution in [3.63, 3.8) is 0 Å². The van der Waals surface area contributed by atoms with Crippen LogP contribution < -0.4 is 0 Å².